The molecule has 3 N–H and O–H groups in total. The third-order valence-corrected chi connectivity index (χ3v) is 5.15. The molecule has 3 nitrogen and oxygen atoms in total. The summed E-state index contributed by atoms with van der Waals surface area (Å²) in [5.41, 5.74) is 5.13. The molecule has 0 aliphatic rings. The number of unbranched alkanes of at least 4 members (excludes halogenated alkanes) is 11. The average molecular weight is 368 g/mol. The summed E-state index contributed by atoms with van der Waals surface area (Å²) < 4.78 is 0. The van der Waals surface area contributed by atoms with Crippen LogP contribution in [0.3, 0.4) is 0 Å². The van der Waals surface area contributed by atoms with Gasteiger partial charge in [-0.15, -0.1) is 0 Å². The van der Waals surface area contributed by atoms with Gasteiger partial charge in [0.2, 0.25) is 5.91 Å². The fraction of sp³-hybridized carbons (Fsp3) is 0.870. The van der Waals surface area contributed by atoms with E-state index in [1.807, 2.05) is 0 Å². The quantitative estimate of drug-likeness (QED) is 0.196. The third-order valence-electron chi connectivity index (χ3n) is 5.15. The first kappa shape index (κ1) is 25.2. The van der Waals surface area contributed by atoms with Gasteiger partial charge in [0.1, 0.15) is 0 Å². The Morgan fingerprint density at radius 2 is 1.31 bits per heavy atom. The van der Waals surface area contributed by atoms with Gasteiger partial charge in [-0.3, -0.25) is 4.79 Å². The monoisotopic (exact) mass is 367 g/mol. The van der Waals surface area contributed by atoms with Gasteiger partial charge in [-0.1, -0.05) is 76.9 Å². The molecule has 0 aliphatic carbocycles. The summed E-state index contributed by atoms with van der Waals surface area (Å²) in [5.74, 6) is 0.367. The zero-order valence-corrected chi connectivity index (χ0v) is 17.4. The van der Waals surface area contributed by atoms with Crippen molar-refractivity contribution in [1.29, 1.82) is 0 Å². The maximum Gasteiger partial charge on any atom is 0.217 e. The van der Waals surface area contributed by atoms with Crippen LogP contribution in [0.4, 0.5) is 0 Å². The molecule has 0 saturated heterocycles. The van der Waals surface area contributed by atoms with E-state index in [0.717, 1.165) is 12.8 Å². The highest BCUT2D eigenvalue weighted by Crippen LogP contribution is 2.16. The van der Waals surface area contributed by atoms with Gasteiger partial charge in [0, 0.05) is 13.0 Å². The van der Waals surface area contributed by atoms with Gasteiger partial charge in [-0.2, -0.15) is 0 Å². The summed E-state index contributed by atoms with van der Waals surface area (Å²) in [7, 11) is 0. The molecule has 0 aromatic carbocycles. The molecule has 154 valence electrons. The van der Waals surface area contributed by atoms with Gasteiger partial charge in [-0.25, -0.2) is 0 Å². The number of carbonyl (C=O) groups is 1. The number of primary amides is 1. The second-order valence-electron chi connectivity index (χ2n) is 7.78. The van der Waals surface area contributed by atoms with E-state index in [0.29, 0.717) is 18.9 Å². The van der Waals surface area contributed by atoms with E-state index in [1.54, 1.807) is 0 Å². The molecule has 26 heavy (non-hydrogen) atoms. The van der Waals surface area contributed by atoms with Crippen LogP contribution in [-0.4, -0.2) is 17.6 Å². The second kappa shape index (κ2) is 20.5. The van der Waals surface area contributed by atoms with E-state index >= 15 is 0 Å². The van der Waals surface area contributed by atoms with Crippen molar-refractivity contribution in [2.75, 3.05) is 6.61 Å². The molecule has 0 radical (unpaired) electrons. The van der Waals surface area contributed by atoms with E-state index in [4.69, 9.17) is 5.73 Å². The maximum absolute atomic E-state index is 10.6. The van der Waals surface area contributed by atoms with Crippen LogP contribution < -0.4 is 5.73 Å². The summed E-state index contributed by atoms with van der Waals surface area (Å²) in [6.07, 6.45) is 25.1. The van der Waals surface area contributed by atoms with E-state index in [9.17, 15) is 9.90 Å². The van der Waals surface area contributed by atoms with Crippen LogP contribution in [0, 0.1) is 5.92 Å². The summed E-state index contributed by atoms with van der Waals surface area (Å²) in [4.78, 5) is 10.6. The first-order chi connectivity index (χ1) is 12.7. The number of rotatable bonds is 20. The molecule has 0 spiro atoms. The van der Waals surface area contributed by atoms with Crippen LogP contribution in [0.1, 0.15) is 116 Å². The molecule has 1 unspecified atom stereocenters. The molecule has 0 saturated carbocycles. The first-order valence-electron chi connectivity index (χ1n) is 11.2. The minimum absolute atomic E-state index is 0.166. The molecule has 1 atom stereocenters. The molecule has 0 aliphatic heterocycles. The van der Waals surface area contributed by atoms with Crippen molar-refractivity contribution in [2.45, 2.75) is 116 Å². The van der Waals surface area contributed by atoms with Crippen molar-refractivity contribution in [1.82, 2.24) is 0 Å². The highest BCUT2D eigenvalue weighted by atomic mass is 16.3. The van der Waals surface area contributed by atoms with E-state index in [2.05, 4.69) is 19.1 Å². The maximum atomic E-state index is 10.6. The number of carbonyl (C=O) groups excluding carboxylic acids is 1. The van der Waals surface area contributed by atoms with Crippen LogP contribution in [0.25, 0.3) is 0 Å². The van der Waals surface area contributed by atoms with Crippen molar-refractivity contribution in [3.63, 3.8) is 0 Å². The van der Waals surface area contributed by atoms with E-state index in [1.165, 1.54) is 89.9 Å². The van der Waals surface area contributed by atoms with Gasteiger partial charge in [0.15, 0.2) is 0 Å². The van der Waals surface area contributed by atoms with Gasteiger partial charge in [-0.05, 0) is 50.9 Å². The summed E-state index contributed by atoms with van der Waals surface area (Å²) in [6, 6.07) is 0. The Morgan fingerprint density at radius 3 is 1.81 bits per heavy atom. The Morgan fingerprint density at radius 1 is 0.808 bits per heavy atom. The SMILES string of the molecule is CCCC(CO)CCCCC/C=C\CCCCCCCCCCC(N)=O. The number of aliphatic hydroxyl groups excluding tert-OH is 1. The minimum atomic E-state index is -0.166. The van der Waals surface area contributed by atoms with Gasteiger partial charge < -0.3 is 10.8 Å². The van der Waals surface area contributed by atoms with Crippen LogP contribution in [0.5, 0.6) is 0 Å². The molecule has 3 heteroatoms. The Hall–Kier alpha value is -0.830. The number of hydrogen-bond acceptors (Lipinski definition) is 2. The number of allylic oxidation sites excluding steroid dienone is 2. The molecule has 0 aromatic rings. The van der Waals surface area contributed by atoms with E-state index < -0.39 is 0 Å². The summed E-state index contributed by atoms with van der Waals surface area (Å²) in [5, 5.41) is 9.27. The van der Waals surface area contributed by atoms with Crippen LogP contribution in [-0.2, 0) is 4.79 Å². The van der Waals surface area contributed by atoms with Crippen molar-refractivity contribution >= 4 is 5.91 Å². The molecule has 1 amide bonds. The minimum Gasteiger partial charge on any atom is -0.396 e. The van der Waals surface area contributed by atoms with Gasteiger partial charge >= 0.3 is 0 Å². The summed E-state index contributed by atoms with van der Waals surface area (Å²) in [6.45, 7) is 2.56. The highest BCUT2D eigenvalue weighted by Gasteiger charge is 2.04. The third kappa shape index (κ3) is 19.5. The molecule has 0 heterocycles. The van der Waals surface area contributed by atoms with Crippen molar-refractivity contribution in [3.8, 4) is 0 Å². The number of hydrogen-bond donors (Lipinski definition) is 2. The smallest absolute Gasteiger partial charge is 0.217 e. The highest BCUT2D eigenvalue weighted by molar-refractivity contribution is 5.73. The van der Waals surface area contributed by atoms with Crippen molar-refractivity contribution in [3.05, 3.63) is 12.2 Å². The standard InChI is InChI=1S/C23H45NO2/c1-2-18-22(21-25)19-16-14-12-10-8-6-4-3-5-7-9-11-13-15-17-20-23(24)26/h6,8,22,25H,2-5,7,9-21H2,1H3,(H2,24,26)/b8-6-. The van der Waals surface area contributed by atoms with Gasteiger partial charge in [0.05, 0.1) is 0 Å². The zero-order valence-electron chi connectivity index (χ0n) is 17.4. The molecule has 0 rings (SSSR count). The predicted molar refractivity (Wildman–Crippen MR) is 113 cm³/mol. The second-order valence-corrected chi connectivity index (χ2v) is 7.78. The Labute approximate surface area is 162 Å². The lowest BCUT2D eigenvalue weighted by Gasteiger charge is -2.11. The molecular weight excluding hydrogens is 322 g/mol. The van der Waals surface area contributed by atoms with Gasteiger partial charge in [0.25, 0.3) is 0 Å². The lowest BCUT2D eigenvalue weighted by Crippen LogP contribution is -2.09. The van der Waals surface area contributed by atoms with Crippen LogP contribution in [0.2, 0.25) is 0 Å². The molecular formula is C23H45NO2. The largest absolute Gasteiger partial charge is 0.396 e. The lowest BCUT2D eigenvalue weighted by atomic mass is 9.97. The van der Waals surface area contributed by atoms with Crippen LogP contribution in [0.15, 0.2) is 12.2 Å². The fourth-order valence-electron chi connectivity index (χ4n) is 3.46. The lowest BCUT2D eigenvalue weighted by molar-refractivity contribution is -0.118. The normalized spacial score (nSPS) is 12.7. The van der Waals surface area contributed by atoms with Crippen LogP contribution >= 0.6 is 0 Å². The van der Waals surface area contributed by atoms with E-state index in [-0.39, 0.29) is 5.91 Å². The molecule has 0 bridgehead atoms. The fourth-order valence-corrected chi connectivity index (χ4v) is 3.46. The zero-order chi connectivity index (χ0) is 19.3. The topological polar surface area (TPSA) is 63.3 Å². The molecule has 0 aromatic heterocycles. The number of nitrogens with two attached hydrogens (primary N) is 1. The van der Waals surface area contributed by atoms with Crippen molar-refractivity contribution < 1.29 is 9.90 Å². The first-order valence-corrected chi connectivity index (χ1v) is 11.2. The number of amides is 1. The van der Waals surface area contributed by atoms with Crippen molar-refractivity contribution in [2.24, 2.45) is 11.7 Å². The Bertz CT molecular complexity index is 328. The molecule has 0 fully saturated rings. The number of aliphatic hydroxyl groups is 1. The Balaban J connectivity index is 3.20. The predicted octanol–water partition coefficient (Wildman–Crippen LogP) is 6.29. The average Bonchev–Trinajstić information content (AvgIpc) is 2.63. The Kier molecular flexibility index (Phi) is 19.8. The summed E-state index contributed by atoms with van der Waals surface area (Å²) >= 11 is 0.